The highest BCUT2D eigenvalue weighted by Gasteiger charge is 2.43. The molecule has 0 saturated carbocycles. The van der Waals surface area contributed by atoms with Crippen LogP contribution in [0.15, 0.2) is 0 Å². The van der Waals surface area contributed by atoms with Crippen LogP contribution in [0.3, 0.4) is 0 Å². The maximum Gasteiger partial charge on any atom is 0.219 e. The largest absolute Gasteiger partial charge is 0.336 e. The van der Waals surface area contributed by atoms with Crippen LogP contribution in [-0.2, 0) is 14.6 Å². The molecule has 80 valence electrons. The van der Waals surface area contributed by atoms with Crippen LogP contribution in [0, 0.1) is 0 Å². The van der Waals surface area contributed by atoms with E-state index in [1.807, 2.05) is 0 Å². The van der Waals surface area contributed by atoms with Crippen LogP contribution in [0.4, 0.5) is 0 Å². The smallest absolute Gasteiger partial charge is 0.219 e. The summed E-state index contributed by atoms with van der Waals surface area (Å²) in [6.45, 7) is 2.80. The lowest BCUT2D eigenvalue weighted by Gasteiger charge is -2.36. The number of amides is 1. The van der Waals surface area contributed by atoms with E-state index < -0.39 is 9.84 Å². The Hall–Kier alpha value is -0.620. The molecule has 0 aliphatic carbocycles. The van der Waals surface area contributed by atoms with E-state index in [0.717, 1.165) is 0 Å². The van der Waals surface area contributed by atoms with Gasteiger partial charge in [0.05, 0.1) is 17.5 Å². The standard InChI is InChI=1S/C8H14N2O3S/c1-6(11)10-3-2-9-7-4-14(12,13)5-8(7)10/h7-9H,2-5H2,1H3/t7-,8-/m0/s1. The van der Waals surface area contributed by atoms with Gasteiger partial charge in [0.25, 0.3) is 0 Å². The van der Waals surface area contributed by atoms with Gasteiger partial charge < -0.3 is 10.2 Å². The predicted molar refractivity (Wildman–Crippen MR) is 51.6 cm³/mol. The summed E-state index contributed by atoms with van der Waals surface area (Å²) in [5.41, 5.74) is 0. The first kappa shape index (κ1) is 9.92. The Morgan fingerprint density at radius 1 is 1.43 bits per heavy atom. The third kappa shape index (κ3) is 1.64. The van der Waals surface area contributed by atoms with Crippen molar-refractivity contribution >= 4 is 15.7 Å². The van der Waals surface area contributed by atoms with Gasteiger partial charge >= 0.3 is 0 Å². The Bertz CT molecular complexity index is 352. The molecule has 14 heavy (non-hydrogen) atoms. The zero-order valence-corrected chi connectivity index (χ0v) is 8.88. The number of sulfone groups is 1. The van der Waals surface area contributed by atoms with Gasteiger partial charge in [-0.25, -0.2) is 8.42 Å². The van der Waals surface area contributed by atoms with Crippen molar-refractivity contribution in [2.45, 2.75) is 19.0 Å². The van der Waals surface area contributed by atoms with Crippen LogP contribution >= 0.6 is 0 Å². The summed E-state index contributed by atoms with van der Waals surface area (Å²) in [7, 11) is -2.95. The van der Waals surface area contributed by atoms with Crippen molar-refractivity contribution < 1.29 is 13.2 Å². The lowest BCUT2D eigenvalue weighted by molar-refractivity contribution is -0.132. The van der Waals surface area contributed by atoms with Gasteiger partial charge in [0.15, 0.2) is 9.84 Å². The highest BCUT2D eigenvalue weighted by molar-refractivity contribution is 7.91. The maximum absolute atomic E-state index is 11.4. The van der Waals surface area contributed by atoms with Gasteiger partial charge in [-0.15, -0.1) is 0 Å². The average Bonchev–Trinajstić information content (AvgIpc) is 2.36. The summed E-state index contributed by atoms with van der Waals surface area (Å²) in [5, 5.41) is 3.15. The Kier molecular flexibility index (Phi) is 2.27. The van der Waals surface area contributed by atoms with E-state index in [-0.39, 0.29) is 29.5 Å². The van der Waals surface area contributed by atoms with E-state index in [2.05, 4.69) is 5.32 Å². The van der Waals surface area contributed by atoms with Crippen molar-refractivity contribution in [3.63, 3.8) is 0 Å². The predicted octanol–water partition coefficient (Wildman–Crippen LogP) is -1.40. The highest BCUT2D eigenvalue weighted by atomic mass is 32.2. The molecule has 0 aromatic heterocycles. The molecule has 2 aliphatic rings. The third-order valence-electron chi connectivity index (χ3n) is 2.89. The molecule has 2 aliphatic heterocycles. The van der Waals surface area contributed by atoms with Crippen molar-refractivity contribution in [3.05, 3.63) is 0 Å². The molecule has 2 rings (SSSR count). The van der Waals surface area contributed by atoms with Crippen LogP contribution in [0.25, 0.3) is 0 Å². The molecule has 0 bridgehead atoms. The van der Waals surface area contributed by atoms with Crippen LogP contribution in [0.5, 0.6) is 0 Å². The van der Waals surface area contributed by atoms with Gasteiger partial charge in [0.1, 0.15) is 0 Å². The van der Waals surface area contributed by atoms with Crippen molar-refractivity contribution in [2.24, 2.45) is 0 Å². The van der Waals surface area contributed by atoms with E-state index in [1.54, 1.807) is 4.90 Å². The van der Waals surface area contributed by atoms with Crippen molar-refractivity contribution in [3.8, 4) is 0 Å². The Morgan fingerprint density at radius 2 is 2.14 bits per heavy atom. The van der Waals surface area contributed by atoms with E-state index in [4.69, 9.17) is 0 Å². The Labute approximate surface area is 83.4 Å². The van der Waals surface area contributed by atoms with Crippen molar-refractivity contribution in [1.82, 2.24) is 10.2 Å². The lowest BCUT2D eigenvalue weighted by Crippen LogP contribution is -2.58. The molecule has 0 radical (unpaired) electrons. The first-order valence-electron chi connectivity index (χ1n) is 4.70. The number of piperazine rings is 1. The molecule has 2 fully saturated rings. The van der Waals surface area contributed by atoms with E-state index in [1.165, 1.54) is 6.92 Å². The number of nitrogens with one attached hydrogen (secondary N) is 1. The molecular weight excluding hydrogens is 204 g/mol. The average molecular weight is 218 g/mol. The number of fused-ring (bicyclic) bond motifs is 1. The summed E-state index contributed by atoms with van der Waals surface area (Å²) in [6.07, 6.45) is 0. The number of hydrogen-bond donors (Lipinski definition) is 1. The molecule has 2 heterocycles. The molecule has 0 spiro atoms. The van der Waals surface area contributed by atoms with Gasteiger partial charge in [-0.3, -0.25) is 4.79 Å². The molecular formula is C8H14N2O3S. The van der Waals surface area contributed by atoms with E-state index >= 15 is 0 Å². The van der Waals surface area contributed by atoms with E-state index in [9.17, 15) is 13.2 Å². The van der Waals surface area contributed by atoms with Crippen molar-refractivity contribution in [2.75, 3.05) is 24.6 Å². The fourth-order valence-electron chi connectivity index (χ4n) is 2.26. The second-order valence-electron chi connectivity index (χ2n) is 3.92. The van der Waals surface area contributed by atoms with Crippen LogP contribution < -0.4 is 5.32 Å². The molecule has 6 heteroatoms. The summed E-state index contributed by atoms with van der Waals surface area (Å²) in [4.78, 5) is 12.9. The normalized spacial score (nSPS) is 35.4. The van der Waals surface area contributed by atoms with E-state index in [0.29, 0.717) is 13.1 Å². The summed E-state index contributed by atoms with van der Waals surface area (Å²) < 4.78 is 22.8. The zero-order valence-electron chi connectivity index (χ0n) is 8.06. The van der Waals surface area contributed by atoms with Crippen LogP contribution in [-0.4, -0.2) is 55.9 Å². The maximum atomic E-state index is 11.4. The minimum atomic E-state index is -2.95. The number of carbonyl (C=O) groups is 1. The minimum absolute atomic E-state index is 0.0291. The number of carbonyl (C=O) groups excluding carboxylic acids is 1. The monoisotopic (exact) mass is 218 g/mol. The second kappa shape index (κ2) is 3.20. The number of nitrogens with zero attached hydrogens (tertiary/aromatic N) is 1. The van der Waals surface area contributed by atoms with Crippen LogP contribution in [0.1, 0.15) is 6.92 Å². The molecule has 1 N–H and O–H groups in total. The first-order chi connectivity index (χ1) is 6.49. The molecule has 1 amide bonds. The highest BCUT2D eigenvalue weighted by Crippen LogP contribution is 2.21. The van der Waals surface area contributed by atoms with Gasteiger partial charge in [-0.1, -0.05) is 0 Å². The fraction of sp³-hybridized carbons (Fsp3) is 0.875. The summed E-state index contributed by atoms with van der Waals surface area (Å²) in [5.74, 6) is 0.254. The zero-order chi connectivity index (χ0) is 10.3. The quantitative estimate of drug-likeness (QED) is 0.543. The number of hydrogen-bond acceptors (Lipinski definition) is 4. The number of rotatable bonds is 0. The topological polar surface area (TPSA) is 66.5 Å². The van der Waals surface area contributed by atoms with Gasteiger partial charge in [-0.05, 0) is 0 Å². The summed E-state index contributed by atoms with van der Waals surface area (Å²) >= 11 is 0. The SMILES string of the molecule is CC(=O)N1CCN[C@H]2CS(=O)(=O)C[C@@H]21. The molecule has 2 saturated heterocycles. The minimum Gasteiger partial charge on any atom is -0.336 e. The lowest BCUT2D eigenvalue weighted by atomic mass is 10.1. The van der Waals surface area contributed by atoms with Crippen LogP contribution in [0.2, 0.25) is 0 Å². The fourth-order valence-corrected chi connectivity index (χ4v) is 4.21. The molecule has 2 atom stereocenters. The molecule has 0 aromatic carbocycles. The first-order valence-corrected chi connectivity index (χ1v) is 6.53. The van der Waals surface area contributed by atoms with Gasteiger partial charge in [0.2, 0.25) is 5.91 Å². The molecule has 0 unspecified atom stereocenters. The summed E-state index contributed by atoms with van der Waals surface area (Å²) in [6, 6.07) is -0.205. The molecule has 5 nitrogen and oxygen atoms in total. The van der Waals surface area contributed by atoms with Gasteiger partial charge in [0, 0.05) is 26.1 Å². The Balaban J connectivity index is 2.22. The van der Waals surface area contributed by atoms with Gasteiger partial charge in [-0.2, -0.15) is 0 Å². The third-order valence-corrected chi connectivity index (χ3v) is 4.60. The second-order valence-corrected chi connectivity index (χ2v) is 6.07. The Morgan fingerprint density at radius 3 is 2.79 bits per heavy atom. The van der Waals surface area contributed by atoms with Crippen molar-refractivity contribution in [1.29, 1.82) is 0 Å². The molecule has 0 aromatic rings.